The first kappa shape index (κ1) is 13.6. The van der Waals surface area contributed by atoms with Gasteiger partial charge in [-0.15, -0.1) is 0 Å². The zero-order valence-corrected chi connectivity index (χ0v) is 10.6. The molecule has 0 aliphatic rings. The predicted molar refractivity (Wildman–Crippen MR) is 68.2 cm³/mol. The van der Waals surface area contributed by atoms with Gasteiger partial charge in [0.2, 0.25) is 0 Å². The molecule has 4 nitrogen and oxygen atoms in total. The van der Waals surface area contributed by atoms with E-state index >= 15 is 0 Å². The Morgan fingerprint density at radius 3 is 2.41 bits per heavy atom. The Bertz CT molecular complexity index is 403. The van der Waals surface area contributed by atoms with Crippen molar-refractivity contribution < 1.29 is 14.7 Å². The van der Waals surface area contributed by atoms with Crippen molar-refractivity contribution in [1.82, 2.24) is 5.32 Å². The average Bonchev–Trinajstić information content (AvgIpc) is 2.30. The van der Waals surface area contributed by atoms with Crippen molar-refractivity contribution >= 4 is 23.6 Å². The van der Waals surface area contributed by atoms with Crippen LogP contribution in [0.4, 0.5) is 0 Å². The topological polar surface area (TPSA) is 66.4 Å². The highest BCUT2D eigenvalue weighted by atomic mass is 32.2. The third kappa shape index (κ3) is 4.11. The molecule has 1 aromatic rings. The Balaban J connectivity index is 2.66. The smallest absolute Gasteiger partial charge is 0.325 e. The number of rotatable bonds is 5. The van der Waals surface area contributed by atoms with Gasteiger partial charge in [0.25, 0.3) is 5.91 Å². The molecular formula is C12H15NO3S. The van der Waals surface area contributed by atoms with Gasteiger partial charge in [-0.3, -0.25) is 9.59 Å². The van der Waals surface area contributed by atoms with Crippen LogP contribution >= 0.6 is 11.8 Å². The monoisotopic (exact) mass is 253 g/mol. The van der Waals surface area contributed by atoms with Crippen molar-refractivity contribution in [2.24, 2.45) is 0 Å². The second-order valence-electron chi connectivity index (χ2n) is 3.66. The molecular weight excluding hydrogens is 238 g/mol. The summed E-state index contributed by atoms with van der Waals surface area (Å²) in [6.07, 6.45) is 2.01. The van der Waals surface area contributed by atoms with Gasteiger partial charge in [0.1, 0.15) is 6.04 Å². The summed E-state index contributed by atoms with van der Waals surface area (Å²) in [4.78, 5) is 22.2. The highest BCUT2D eigenvalue weighted by Crippen LogP contribution is 2.10. The van der Waals surface area contributed by atoms with Crippen LogP contribution in [0.25, 0.3) is 0 Å². The van der Waals surface area contributed by atoms with Crippen LogP contribution in [0, 0.1) is 0 Å². The lowest BCUT2D eigenvalue weighted by Gasteiger charge is -2.09. The zero-order chi connectivity index (χ0) is 12.8. The van der Waals surface area contributed by atoms with Gasteiger partial charge >= 0.3 is 5.97 Å². The average molecular weight is 253 g/mol. The number of hydrogen-bond donors (Lipinski definition) is 2. The first-order valence-electron chi connectivity index (χ1n) is 5.16. The highest BCUT2D eigenvalue weighted by molar-refractivity contribution is 7.97. The van der Waals surface area contributed by atoms with Crippen molar-refractivity contribution in [2.75, 3.05) is 6.26 Å². The van der Waals surface area contributed by atoms with Gasteiger partial charge in [0.05, 0.1) is 0 Å². The molecule has 0 spiro atoms. The molecule has 0 radical (unpaired) electrons. The lowest BCUT2D eigenvalue weighted by Crippen LogP contribution is -2.38. The molecule has 0 unspecified atom stereocenters. The summed E-state index contributed by atoms with van der Waals surface area (Å²) >= 11 is 1.71. The molecule has 0 fully saturated rings. The van der Waals surface area contributed by atoms with Gasteiger partial charge < -0.3 is 10.4 Å². The van der Waals surface area contributed by atoms with E-state index in [1.165, 1.54) is 6.92 Å². The molecule has 1 amide bonds. The largest absolute Gasteiger partial charge is 0.480 e. The van der Waals surface area contributed by atoms with Gasteiger partial charge in [-0.05, 0) is 30.9 Å². The molecule has 1 rings (SSSR count). The Kier molecular flexibility index (Phi) is 5.03. The van der Waals surface area contributed by atoms with E-state index in [1.54, 1.807) is 23.9 Å². The molecule has 0 aromatic heterocycles. The van der Waals surface area contributed by atoms with Crippen LogP contribution in [0.2, 0.25) is 0 Å². The predicted octanol–water partition coefficient (Wildman–Crippen LogP) is 1.75. The van der Waals surface area contributed by atoms with Crippen LogP contribution in [-0.4, -0.2) is 29.3 Å². The van der Waals surface area contributed by atoms with E-state index in [-0.39, 0.29) is 5.91 Å². The lowest BCUT2D eigenvalue weighted by atomic mass is 10.1. The maximum Gasteiger partial charge on any atom is 0.325 e. The normalized spacial score (nSPS) is 11.9. The van der Waals surface area contributed by atoms with E-state index in [0.29, 0.717) is 5.56 Å². The maximum atomic E-state index is 11.6. The molecule has 1 atom stereocenters. The number of amides is 1. The number of carboxylic acids is 1. The van der Waals surface area contributed by atoms with Gasteiger partial charge in [0.15, 0.2) is 0 Å². The van der Waals surface area contributed by atoms with Crippen molar-refractivity contribution in [3.8, 4) is 0 Å². The summed E-state index contributed by atoms with van der Waals surface area (Å²) in [5.41, 5.74) is 1.61. The molecule has 0 saturated heterocycles. The Hall–Kier alpha value is -1.49. The quantitative estimate of drug-likeness (QED) is 0.839. The molecule has 1 aromatic carbocycles. The molecule has 0 bridgehead atoms. The van der Waals surface area contributed by atoms with Crippen LogP contribution in [0.15, 0.2) is 24.3 Å². The highest BCUT2D eigenvalue weighted by Gasteiger charge is 2.14. The van der Waals surface area contributed by atoms with E-state index in [2.05, 4.69) is 5.32 Å². The molecule has 0 aliphatic carbocycles. The SMILES string of the molecule is CSCc1ccc(C(=O)N[C@H](C)C(=O)O)cc1. The number of aliphatic carboxylic acids is 1. The number of carboxylic acid groups (broad SMARTS) is 1. The van der Waals surface area contributed by atoms with Crippen LogP contribution in [0.1, 0.15) is 22.8 Å². The van der Waals surface area contributed by atoms with E-state index < -0.39 is 12.0 Å². The van der Waals surface area contributed by atoms with Crippen LogP contribution < -0.4 is 5.32 Å². The first-order chi connectivity index (χ1) is 8.04. The minimum absolute atomic E-state index is 0.365. The summed E-state index contributed by atoms with van der Waals surface area (Å²) < 4.78 is 0. The Morgan fingerprint density at radius 1 is 1.35 bits per heavy atom. The Labute approximate surface area is 104 Å². The fraction of sp³-hybridized carbons (Fsp3) is 0.333. The summed E-state index contributed by atoms with van der Waals surface area (Å²) in [5.74, 6) is -0.513. The van der Waals surface area contributed by atoms with E-state index in [9.17, 15) is 9.59 Å². The lowest BCUT2D eigenvalue weighted by molar-refractivity contribution is -0.138. The summed E-state index contributed by atoms with van der Waals surface area (Å²) in [7, 11) is 0. The molecule has 0 aliphatic heterocycles. The summed E-state index contributed by atoms with van der Waals surface area (Å²) in [5, 5.41) is 11.1. The van der Waals surface area contributed by atoms with Crippen LogP contribution in [0.5, 0.6) is 0 Å². The zero-order valence-electron chi connectivity index (χ0n) is 9.77. The second-order valence-corrected chi connectivity index (χ2v) is 4.53. The fourth-order valence-corrected chi connectivity index (χ4v) is 1.79. The standard InChI is InChI=1S/C12H15NO3S/c1-8(12(15)16)13-11(14)10-5-3-9(4-6-10)7-17-2/h3-6,8H,7H2,1-2H3,(H,13,14)(H,15,16)/t8-/m1/s1. The van der Waals surface area contributed by atoms with Crippen LogP contribution in [0.3, 0.4) is 0 Å². The molecule has 2 N–H and O–H groups in total. The minimum atomic E-state index is -1.04. The number of carbonyl (C=O) groups is 2. The van der Waals surface area contributed by atoms with Gasteiger partial charge in [-0.1, -0.05) is 12.1 Å². The van der Waals surface area contributed by atoms with Crippen molar-refractivity contribution in [3.63, 3.8) is 0 Å². The number of nitrogens with one attached hydrogen (secondary N) is 1. The molecule has 0 saturated carbocycles. The van der Waals surface area contributed by atoms with Crippen LogP contribution in [-0.2, 0) is 10.5 Å². The number of thioether (sulfide) groups is 1. The van der Waals surface area contributed by atoms with E-state index in [4.69, 9.17) is 5.11 Å². The van der Waals surface area contributed by atoms with Gasteiger partial charge in [-0.25, -0.2) is 0 Å². The molecule has 17 heavy (non-hydrogen) atoms. The second kappa shape index (κ2) is 6.30. The molecule has 5 heteroatoms. The van der Waals surface area contributed by atoms with Crippen molar-refractivity contribution in [3.05, 3.63) is 35.4 Å². The van der Waals surface area contributed by atoms with Crippen molar-refractivity contribution in [2.45, 2.75) is 18.7 Å². The summed E-state index contributed by atoms with van der Waals surface area (Å²) in [6.45, 7) is 1.43. The van der Waals surface area contributed by atoms with Crippen molar-refractivity contribution in [1.29, 1.82) is 0 Å². The third-order valence-electron chi connectivity index (χ3n) is 2.25. The maximum absolute atomic E-state index is 11.6. The van der Waals surface area contributed by atoms with E-state index in [1.807, 2.05) is 18.4 Å². The molecule has 0 heterocycles. The Morgan fingerprint density at radius 2 is 1.94 bits per heavy atom. The van der Waals surface area contributed by atoms with E-state index in [0.717, 1.165) is 11.3 Å². The summed E-state index contributed by atoms with van der Waals surface area (Å²) in [6, 6.07) is 6.27. The molecule has 92 valence electrons. The number of benzene rings is 1. The number of carbonyl (C=O) groups excluding carboxylic acids is 1. The minimum Gasteiger partial charge on any atom is -0.480 e. The number of hydrogen-bond acceptors (Lipinski definition) is 3. The fourth-order valence-electron chi connectivity index (χ4n) is 1.26. The third-order valence-corrected chi connectivity index (χ3v) is 2.87. The first-order valence-corrected chi connectivity index (χ1v) is 6.55. The van der Waals surface area contributed by atoms with Gasteiger partial charge in [-0.2, -0.15) is 11.8 Å². The van der Waals surface area contributed by atoms with Gasteiger partial charge in [0, 0.05) is 11.3 Å².